The SMILES string of the molecule is Cc1ccccc1-c1ccc(-c2cncnc2)c[n+]1C. The van der Waals surface area contributed by atoms with Crippen molar-refractivity contribution in [2.75, 3.05) is 0 Å². The van der Waals surface area contributed by atoms with Gasteiger partial charge in [0.05, 0.1) is 0 Å². The summed E-state index contributed by atoms with van der Waals surface area (Å²) in [4.78, 5) is 8.13. The minimum absolute atomic E-state index is 1.03. The largest absolute Gasteiger partial charge is 0.244 e. The molecule has 20 heavy (non-hydrogen) atoms. The van der Waals surface area contributed by atoms with Gasteiger partial charge in [-0.15, -0.1) is 0 Å². The third-order valence-electron chi connectivity index (χ3n) is 3.45. The Balaban J connectivity index is 2.07. The zero-order valence-corrected chi connectivity index (χ0v) is 11.6. The van der Waals surface area contributed by atoms with Crippen LogP contribution >= 0.6 is 0 Å². The van der Waals surface area contributed by atoms with E-state index in [1.165, 1.54) is 16.8 Å². The molecule has 1 aromatic carbocycles. The van der Waals surface area contributed by atoms with Gasteiger partial charge >= 0.3 is 0 Å². The van der Waals surface area contributed by atoms with Gasteiger partial charge in [0.1, 0.15) is 13.4 Å². The fourth-order valence-corrected chi connectivity index (χ4v) is 2.37. The van der Waals surface area contributed by atoms with Gasteiger partial charge in [0.25, 0.3) is 0 Å². The highest BCUT2D eigenvalue weighted by molar-refractivity contribution is 5.65. The molecule has 0 saturated heterocycles. The van der Waals surface area contributed by atoms with E-state index >= 15 is 0 Å². The van der Waals surface area contributed by atoms with Crippen molar-refractivity contribution in [3.63, 3.8) is 0 Å². The van der Waals surface area contributed by atoms with Gasteiger partial charge in [-0.05, 0) is 24.6 Å². The lowest BCUT2D eigenvalue weighted by Gasteiger charge is -2.05. The van der Waals surface area contributed by atoms with Gasteiger partial charge in [-0.1, -0.05) is 18.2 Å². The van der Waals surface area contributed by atoms with E-state index in [0.29, 0.717) is 0 Å². The minimum Gasteiger partial charge on any atom is -0.244 e. The first-order chi connectivity index (χ1) is 9.75. The number of aromatic nitrogens is 3. The first-order valence-electron chi connectivity index (χ1n) is 6.57. The summed E-state index contributed by atoms with van der Waals surface area (Å²) < 4.78 is 2.14. The van der Waals surface area contributed by atoms with Crippen LogP contribution in [0, 0.1) is 6.92 Å². The molecule has 0 aliphatic carbocycles. The summed E-state index contributed by atoms with van der Waals surface area (Å²) in [7, 11) is 2.06. The zero-order valence-electron chi connectivity index (χ0n) is 11.6. The predicted molar refractivity (Wildman–Crippen MR) is 78.8 cm³/mol. The van der Waals surface area contributed by atoms with Crippen molar-refractivity contribution in [1.82, 2.24) is 9.97 Å². The Morgan fingerprint density at radius 3 is 2.35 bits per heavy atom. The van der Waals surface area contributed by atoms with Crippen LogP contribution in [0.15, 0.2) is 61.3 Å². The van der Waals surface area contributed by atoms with E-state index in [1.807, 2.05) is 12.4 Å². The quantitative estimate of drug-likeness (QED) is 0.665. The lowest BCUT2D eigenvalue weighted by atomic mass is 10.0. The van der Waals surface area contributed by atoms with E-state index in [1.54, 1.807) is 6.33 Å². The predicted octanol–water partition coefficient (Wildman–Crippen LogP) is 2.94. The molecule has 3 aromatic rings. The van der Waals surface area contributed by atoms with Crippen molar-refractivity contribution < 1.29 is 4.57 Å². The average Bonchev–Trinajstić information content (AvgIpc) is 2.49. The maximum absolute atomic E-state index is 4.07. The molecule has 3 rings (SSSR count). The molecule has 0 fully saturated rings. The Hall–Kier alpha value is -2.55. The molecule has 3 nitrogen and oxygen atoms in total. The van der Waals surface area contributed by atoms with Crippen LogP contribution < -0.4 is 4.57 Å². The maximum Gasteiger partial charge on any atom is 0.212 e. The Bertz CT molecular complexity index is 736. The summed E-state index contributed by atoms with van der Waals surface area (Å²) in [5.41, 5.74) is 5.87. The molecule has 0 amide bonds. The standard InChI is InChI=1S/C17H16N3/c1-13-5-3-4-6-16(13)17-8-7-14(11-20(17)2)15-9-18-12-19-10-15/h3-12H,1-2H3/q+1. The molecule has 0 radical (unpaired) electrons. The number of rotatable bonds is 2. The lowest BCUT2D eigenvalue weighted by Crippen LogP contribution is -2.30. The van der Waals surface area contributed by atoms with Crippen LogP contribution in [0.1, 0.15) is 5.56 Å². The number of nitrogens with zero attached hydrogens (tertiary/aromatic N) is 3. The molecular weight excluding hydrogens is 246 g/mol. The van der Waals surface area contributed by atoms with E-state index in [4.69, 9.17) is 0 Å². The molecule has 0 aliphatic heterocycles. The molecule has 0 atom stereocenters. The van der Waals surface area contributed by atoms with Crippen molar-refractivity contribution in [3.05, 3.63) is 66.9 Å². The Kier molecular flexibility index (Phi) is 3.25. The molecule has 0 spiro atoms. The summed E-state index contributed by atoms with van der Waals surface area (Å²) in [5, 5.41) is 0. The van der Waals surface area contributed by atoms with Crippen molar-refractivity contribution in [2.24, 2.45) is 7.05 Å². The number of hydrogen-bond acceptors (Lipinski definition) is 2. The summed E-state index contributed by atoms with van der Waals surface area (Å²) in [5.74, 6) is 0. The second-order valence-corrected chi connectivity index (χ2v) is 4.86. The van der Waals surface area contributed by atoms with Crippen LogP contribution in [-0.2, 0) is 7.05 Å². The second-order valence-electron chi connectivity index (χ2n) is 4.86. The number of pyridine rings is 1. The van der Waals surface area contributed by atoms with Gasteiger partial charge in [-0.3, -0.25) is 0 Å². The fourth-order valence-electron chi connectivity index (χ4n) is 2.37. The number of hydrogen-bond donors (Lipinski definition) is 0. The minimum atomic E-state index is 1.03. The second kappa shape index (κ2) is 5.21. The average molecular weight is 262 g/mol. The monoisotopic (exact) mass is 262 g/mol. The molecular formula is C17H16N3+. The molecule has 3 heteroatoms. The molecule has 0 bridgehead atoms. The summed E-state index contributed by atoms with van der Waals surface area (Å²) in [6.07, 6.45) is 7.32. The van der Waals surface area contributed by atoms with Crippen LogP contribution in [0.25, 0.3) is 22.4 Å². The van der Waals surface area contributed by atoms with Gasteiger partial charge in [-0.25, -0.2) is 14.5 Å². The summed E-state index contributed by atoms with van der Waals surface area (Å²) >= 11 is 0. The van der Waals surface area contributed by atoms with Crippen LogP contribution in [0.5, 0.6) is 0 Å². The third-order valence-corrected chi connectivity index (χ3v) is 3.45. The zero-order chi connectivity index (χ0) is 13.9. The van der Waals surface area contributed by atoms with E-state index in [0.717, 1.165) is 11.1 Å². The molecule has 2 heterocycles. The Labute approximate surface area is 118 Å². The van der Waals surface area contributed by atoms with E-state index in [9.17, 15) is 0 Å². The number of benzene rings is 1. The third kappa shape index (κ3) is 2.30. The summed E-state index contributed by atoms with van der Waals surface area (Å²) in [6, 6.07) is 12.7. The highest BCUT2D eigenvalue weighted by Gasteiger charge is 2.13. The first kappa shape index (κ1) is 12.5. The molecule has 0 saturated carbocycles. The van der Waals surface area contributed by atoms with Crippen LogP contribution in [-0.4, -0.2) is 9.97 Å². The lowest BCUT2D eigenvalue weighted by molar-refractivity contribution is -0.659. The Morgan fingerprint density at radius 2 is 1.65 bits per heavy atom. The number of aryl methyl sites for hydroxylation is 2. The van der Waals surface area contributed by atoms with Crippen molar-refractivity contribution in [2.45, 2.75) is 6.92 Å². The van der Waals surface area contributed by atoms with Gasteiger partial charge < -0.3 is 0 Å². The summed E-state index contributed by atoms with van der Waals surface area (Å²) in [6.45, 7) is 2.13. The normalized spacial score (nSPS) is 10.5. The van der Waals surface area contributed by atoms with E-state index in [-0.39, 0.29) is 0 Å². The topological polar surface area (TPSA) is 29.7 Å². The van der Waals surface area contributed by atoms with Crippen LogP contribution in [0.2, 0.25) is 0 Å². The molecule has 0 unspecified atom stereocenters. The fraction of sp³-hybridized carbons (Fsp3) is 0.118. The van der Waals surface area contributed by atoms with Crippen LogP contribution in [0.3, 0.4) is 0 Å². The van der Waals surface area contributed by atoms with Gasteiger partial charge in [-0.2, -0.15) is 0 Å². The van der Waals surface area contributed by atoms with Crippen molar-refractivity contribution >= 4 is 0 Å². The first-order valence-corrected chi connectivity index (χ1v) is 6.57. The molecule has 98 valence electrons. The smallest absolute Gasteiger partial charge is 0.212 e. The molecule has 2 aromatic heterocycles. The van der Waals surface area contributed by atoms with Crippen molar-refractivity contribution in [3.8, 4) is 22.4 Å². The molecule has 0 aliphatic rings. The van der Waals surface area contributed by atoms with Gasteiger partial charge in [0, 0.05) is 35.2 Å². The highest BCUT2D eigenvalue weighted by atomic mass is 14.9. The van der Waals surface area contributed by atoms with Gasteiger partial charge in [0.2, 0.25) is 5.69 Å². The Morgan fingerprint density at radius 1 is 0.900 bits per heavy atom. The highest BCUT2D eigenvalue weighted by Crippen LogP contribution is 2.22. The van der Waals surface area contributed by atoms with Crippen molar-refractivity contribution in [1.29, 1.82) is 0 Å². The maximum atomic E-state index is 4.07. The molecule has 0 N–H and O–H groups in total. The van der Waals surface area contributed by atoms with Gasteiger partial charge in [0.15, 0.2) is 6.20 Å². The van der Waals surface area contributed by atoms with Crippen LogP contribution in [0.4, 0.5) is 0 Å². The van der Waals surface area contributed by atoms with E-state index < -0.39 is 0 Å². The van der Waals surface area contributed by atoms with E-state index in [2.05, 4.69) is 71.1 Å².